The number of carbonyl (C=O) groups excluding carboxylic acids is 1. The monoisotopic (exact) mass is 288 g/mol. The summed E-state index contributed by atoms with van der Waals surface area (Å²) in [6, 6.07) is 6.58. The highest BCUT2D eigenvalue weighted by atomic mass is 16.4. The number of oxime groups is 1. The Balaban J connectivity index is 1.85. The molecule has 110 valence electrons. The first-order valence-corrected chi connectivity index (χ1v) is 6.41. The summed E-state index contributed by atoms with van der Waals surface area (Å²) in [4.78, 5) is 12.0. The van der Waals surface area contributed by atoms with E-state index in [1.165, 1.54) is 0 Å². The predicted molar refractivity (Wildman–Crippen MR) is 75.9 cm³/mol. The molecule has 0 aliphatic rings. The van der Waals surface area contributed by atoms with Crippen LogP contribution in [0.5, 0.6) is 0 Å². The number of amidine groups is 1. The van der Waals surface area contributed by atoms with E-state index in [2.05, 4.69) is 20.8 Å². The molecule has 1 heterocycles. The molecule has 1 aromatic heterocycles. The van der Waals surface area contributed by atoms with Gasteiger partial charge in [-0.05, 0) is 18.6 Å². The second-order valence-electron chi connectivity index (χ2n) is 4.34. The Kier molecular flexibility index (Phi) is 4.86. The Bertz CT molecular complexity index is 623. The van der Waals surface area contributed by atoms with E-state index in [4.69, 9.17) is 10.9 Å². The third-order valence-electron chi connectivity index (χ3n) is 2.85. The number of nitrogens with two attached hydrogens (primary N) is 1. The van der Waals surface area contributed by atoms with Gasteiger partial charge in [-0.1, -0.05) is 22.5 Å². The van der Waals surface area contributed by atoms with Crippen LogP contribution in [0.15, 0.2) is 41.8 Å². The van der Waals surface area contributed by atoms with Crippen molar-refractivity contribution in [1.29, 1.82) is 0 Å². The smallest absolute Gasteiger partial charge is 0.251 e. The van der Waals surface area contributed by atoms with Crippen molar-refractivity contribution < 1.29 is 10.0 Å². The molecule has 0 fully saturated rings. The van der Waals surface area contributed by atoms with Crippen molar-refractivity contribution in [3.63, 3.8) is 0 Å². The average molecular weight is 288 g/mol. The molecule has 0 bridgehead atoms. The maximum Gasteiger partial charge on any atom is 0.251 e. The fourth-order valence-electron chi connectivity index (χ4n) is 1.77. The van der Waals surface area contributed by atoms with E-state index < -0.39 is 0 Å². The third-order valence-corrected chi connectivity index (χ3v) is 2.85. The van der Waals surface area contributed by atoms with Crippen molar-refractivity contribution in [3.05, 3.63) is 47.8 Å². The quantitative estimate of drug-likeness (QED) is 0.230. The van der Waals surface area contributed by atoms with Crippen molar-refractivity contribution in [3.8, 4) is 0 Å². The van der Waals surface area contributed by atoms with Crippen molar-refractivity contribution in [2.75, 3.05) is 6.54 Å². The highest BCUT2D eigenvalue weighted by molar-refractivity contribution is 6.01. The summed E-state index contributed by atoms with van der Waals surface area (Å²) in [5.74, 6) is -0.239. The van der Waals surface area contributed by atoms with Crippen LogP contribution < -0.4 is 11.1 Å². The molecule has 0 radical (unpaired) electrons. The minimum Gasteiger partial charge on any atom is -0.409 e. The van der Waals surface area contributed by atoms with Gasteiger partial charge in [0.2, 0.25) is 0 Å². The Morgan fingerprint density at radius 1 is 1.43 bits per heavy atom. The minimum atomic E-state index is -0.207. The molecule has 1 aromatic carbocycles. The number of rotatable bonds is 6. The van der Waals surface area contributed by atoms with Gasteiger partial charge in [-0.25, -0.2) is 0 Å². The fourth-order valence-corrected chi connectivity index (χ4v) is 1.77. The molecular formula is C13H16N6O2. The average Bonchev–Trinajstić information content (AvgIpc) is 3.04. The van der Waals surface area contributed by atoms with Crippen LogP contribution in [0.1, 0.15) is 22.3 Å². The number of amides is 1. The second-order valence-corrected chi connectivity index (χ2v) is 4.34. The summed E-state index contributed by atoms with van der Waals surface area (Å²) in [6.45, 7) is 1.21. The predicted octanol–water partition coefficient (Wildman–Crippen LogP) is 0.193. The lowest BCUT2D eigenvalue weighted by atomic mass is 10.1. The summed E-state index contributed by atoms with van der Waals surface area (Å²) in [7, 11) is 0. The van der Waals surface area contributed by atoms with E-state index in [9.17, 15) is 4.79 Å². The fraction of sp³-hybridized carbons (Fsp3) is 0.231. The molecule has 21 heavy (non-hydrogen) atoms. The summed E-state index contributed by atoms with van der Waals surface area (Å²) in [5, 5.41) is 21.9. The number of hydrogen-bond donors (Lipinski definition) is 3. The van der Waals surface area contributed by atoms with Crippen LogP contribution >= 0.6 is 0 Å². The van der Waals surface area contributed by atoms with Crippen LogP contribution in [0.3, 0.4) is 0 Å². The normalized spacial score (nSPS) is 11.3. The lowest BCUT2D eigenvalue weighted by molar-refractivity contribution is 0.0952. The number of aromatic nitrogens is 3. The van der Waals surface area contributed by atoms with Crippen molar-refractivity contribution >= 4 is 11.7 Å². The topological polar surface area (TPSA) is 118 Å². The van der Waals surface area contributed by atoms with Gasteiger partial charge < -0.3 is 16.3 Å². The Hall–Kier alpha value is -2.90. The van der Waals surface area contributed by atoms with Gasteiger partial charge in [0.25, 0.3) is 5.91 Å². The van der Waals surface area contributed by atoms with Gasteiger partial charge in [0.05, 0.1) is 6.20 Å². The van der Waals surface area contributed by atoms with Gasteiger partial charge in [0.15, 0.2) is 5.84 Å². The van der Waals surface area contributed by atoms with Crippen LogP contribution in [-0.2, 0) is 6.54 Å². The first-order valence-electron chi connectivity index (χ1n) is 6.41. The van der Waals surface area contributed by atoms with Crippen LogP contribution in [0.2, 0.25) is 0 Å². The first-order chi connectivity index (χ1) is 10.2. The van der Waals surface area contributed by atoms with Gasteiger partial charge in [-0.2, -0.15) is 0 Å². The highest BCUT2D eigenvalue weighted by Gasteiger charge is 2.07. The molecule has 0 unspecified atom stereocenters. The molecule has 2 aromatic rings. The van der Waals surface area contributed by atoms with Crippen LogP contribution in [0.4, 0.5) is 0 Å². The van der Waals surface area contributed by atoms with Crippen LogP contribution in [0, 0.1) is 0 Å². The summed E-state index contributed by atoms with van der Waals surface area (Å²) >= 11 is 0. The molecule has 0 spiro atoms. The number of nitrogens with one attached hydrogen (secondary N) is 1. The molecule has 1 amide bonds. The standard InChI is InChI=1S/C13H16N6O2/c14-12(17-21)10-3-1-4-11(9-10)13(20)15-5-2-7-19-8-6-16-18-19/h1,3-4,6,8-9,21H,2,5,7H2,(H2,14,17)(H,15,20). The Morgan fingerprint density at radius 3 is 2.95 bits per heavy atom. The molecule has 8 nitrogen and oxygen atoms in total. The molecule has 0 saturated carbocycles. The Labute approximate surface area is 121 Å². The van der Waals surface area contributed by atoms with Gasteiger partial charge in [-0.15, -0.1) is 5.10 Å². The van der Waals surface area contributed by atoms with E-state index in [0.29, 0.717) is 24.2 Å². The third kappa shape index (κ3) is 4.03. The molecule has 0 aliphatic carbocycles. The first kappa shape index (κ1) is 14.5. The molecule has 4 N–H and O–H groups in total. The van der Waals surface area contributed by atoms with Crippen LogP contribution in [0.25, 0.3) is 0 Å². The number of benzene rings is 1. The summed E-state index contributed by atoms with van der Waals surface area (Å²) in [6.07, 6.45) is 4.12. The number of aryl methyl sites for hydroxylation is 1. The van der Waals surface area contributed by atoms with E-state index in [1.807, 2.05) is 0 Å². The van der Waals surface area contributed by atoms with E-state index in [-0.39, 0.29) is 11.7 Å². The number of nitrogens with zero attached hydrogens (tertiary/aromatic N) is 4. The lowest BCUT2D eigenvalue weighted by Crippen LogP contribution is -2.25. The Morgan fingerprint density at radius 2 is 2.24 bits per heavy atom. The molecule has 0 aliphatic heterocycles. The summed E-state index contributed by atoms with van der Waals surface area (Å²) < 4.78 is 1.70. The zero-order valence-electron chi connectivity index (χ0n) is 11.3. The molecule has 8 heteroatoms. The van der Waals surface area contributed by atoms with Crippen LogP contribution in [-0.4, -0.2) is 38.5 Å². The largest absolute Gasteiger partial charge is 0.409 e. The van der Waals surface area contributed by atoms with E-state index in [1.54, 1.807) is 41.3 Å². The maximum atomic E-state index is 12.0. The number of hydrogen-bond acceptors (Lipinski definition) is 5. The van der Waals surface area contributed by atoms with Crippen molar-refractivity contribution in [2.24, 2.45) is 10.9 Å². The molecular weight excluding hydrogens is 272 g/mol. The number of carbonyl (C=O) groups is 1. The molecule has 2 rings (SSSR count). The lowest BCUT2D eigenvalue weighted by Gasteiger charge is -2.06. The minimum absolute atomic E-state index is 0.0316. The zero-order valence-corrected chi connectivity index (χ0v) is 11.3. The van der Waals surface area contributed by atoms with Gasteiger partial charge in [0.1, 0.15) is 0 Å². The second kappa shape index (κ2) is 7.04. The van der Waals surface area contributed by atoms with Gasteiger partial charge in [-0.3, -0.25) is 9.48 Å². The SMILES string of the molecule is N/C(=N/O)c1cccc(C(=O)NCCCn2ccnn2)c1. The zero-order chi connectivity index (χ0) is 15.1. The van der Waals surface area contributed by atoms with Gasteiger partial charge >= 0.3 is 0 Å². The highest BCUT2D eigenvalue weighted by Crippen LogP contribution is 2.05. The maximum absolute atomic E-state index is 12.0. The van der Waals surface area contributed by atoms with Crippen molar-refractivity contribution in [1.82, 2.24) is 20.3 Å². The summed E-state index contributed by atoms with van der Waals surface area (Å²) in [5.41, 5.74) is 6.44. The van der Waals surface area contributed by atoms with E-state index >= 15 is 0 Å². The molecule has 0 atom stereocenters. The van der Waals surface area contributed by atoms with Gasteiger partial charge in [0, 0.05) is 30.4 Å². The molecule has 0 saturated heterocycles. The van der Waals surface area contributed by atoms with Crippen molar-refractivity contribution in [2.45, 2.75) is 13.0 Å². The van der Waals surface area contributed by atoms with E-state index in [0.717, 1.165) is 6.42 Å².